The van der Waals surface area contributed by atoms with Crippen LogP contribution in [-0.2, 0) is 4.79 Å². The predicted octanol–water partition coefficient (Wildman–Crippen LogP) is 4.97. The monoisotopic (exact) mass is 359 g/mol. The molecule has 0 radical (unpaired) electrons. The molecule has 0 aliphatic heterocycles. The maximum Gasteiger partial charge on any atom is 0.229 e. The first kappa shape index (κ1) is 19.0. The average molecular weight is 360 g/mol. The number of hydrogen-bond donors (Lipinski definition) is 1. The van der Waals surface area contributed by atoms with E-state index in [1.54, 1.807) is 55.5 Å². The molecule has 0 aromatic heterocycles. The van der Waals surface area contributed by atoms with E-state index in [9.17, 15) is 9.59 Å². The molecule has 2 aromatic carbocycles. The summed E-state index contributed by atoms with van der Waals surface area (Å²) >= 11 is 6.05. The molecule has 0 spiro atoms. The number of carbonyl (C=O) groups excluding carboxylic acids is 2. The molecule has 0 unspecified atom stereocenters. The number of carbonyl (C=O) groups is 2. The third-order valence-electron chi connectivity index (χ3n) is 3.62. The number of ketones is 1. The molecule has 0 saturated carbocycles. The minimum absolute atomic E-state index is 0.0815. The van der Waals surface area contributed by atoms with E-state index >= 15 is 0 Å². The van der Waals surface area contributed by atoms with Gasteiger partial charge in [0, 0.05) is 16.7 Å². The van der Waals surface area contributed by atoms with Gasteiger partial charge in [-0.1, -0.05) is 44.5 Å². The first-order valence-corrected chi connectivity index (χ1v) is 8.43. The molecule has 0 heterocycles. The molecule has 0 aliphatic carbocycles. The topological polar surface area (TPSA) is 55.4 Å². The second-order valence-electron chi connectivity index (χ2n) is 6.84. The minimum atomic E-state index is -0.671. The van der Waals surface area contributed by atoms with Gasteiger partial charge in [0.15, 0.2) is 6.10 Å². The van der Waals surface area contributed by atoms with Gasteiger partial charge in [-0.15, -0.1) is 0 Å². The zero-order chi connectivity index (χ0) is 18.6. The van der Waals surface area contributed by atoms with Crippen molar-refractivity contribution in [2.24, 2.45) is 5.41 Å². The molecule has 5 heteroatoms. The lowest BCUT2D eigenvalue weighted by Gasteiger charge is -2.18. The van der Waals surface area contributed by atoms with Crippen molar-refractivity contribution in [1.82, 2.24) is 0 Å². The fraction of sp³-hybridized carbons (Fsp3) is 0.300. The van der Waals surface area contributed by atoms with E-state index in [0.29, 0.717) is 22.0 Å². The van der Waals surface area contributed by atoms with E-state index in [2.05, 4.69) is 5.32 Å². The molecule has 4 nitrogen and oxygen atoms in total. The number of halogens is 1. The quantitative estimate of drug-likeness (QED) is 0.766. The van der Waals surface area contributed by atoms with E-state index < -0.39 is 11.5 Å². The van der Waals surface area contributed by atoms with Crippen LogP contribution in [0.25, 0.3) is 0 Å². The Kier molecular flexibility index (Phi) is 5.85. The minimum Gasteiger partial charge on any atom is -0.481 e. The van der Waals surface area contributed by atoms with Gasteiger partial charge in [0.25, 0.3) is 0 Å². The molecule has 1 amide bonds. The van der Waals surface area contributed by atoms with Crippen molar-refractivity contribution in [3.8, 4) is 5.75 Å². The maximum atomic E-state index is 12.5. The van der Waals surface area contributed by atoms with E-state index in [0.717, 1.165) is 0 Å². The summed E-state index contributed by atoms with van der Waals surface area (Å²) in [5.74, 6) is 0.231. The third kappa shape index (κ3) is 5.07. The fourth-order valence-electron chi connectivity index (χ4n) is 2.06. The molecule has 0 fully saturated rings. The summed E-state index contributed by atoms with van der Waals surface area (Å²) in [5, 5.41) is 3.29. The van der Waals surface area contributed by atoms with Crippen LogP contribution in [0.3, 0.4) is 0 Å². The second kappa shape index (κ2) is 7.70. The van der Waals surface area contributed by atoms with Crippen LogP contribution in [0, 0.1) is 5.41 Å². The summed E-state index contributed by atoms with van der Waals surface area (Å²) in [4.78, 5) is 24.5. The van der Waals surface area contributed by atoms with Crippen molar-refractivity contribution < 1.29 is 14.3 Å². The van der Waals surface area contributed by atoms with Gasteiger partial charge in [0.05, 0.1) is 5.02 Å². The predicted molar refractivity (Wildman–Crippen MR) is 100 cm³/mol. The highest BCUT2D eigenvalue weighted by Gasteiger charge is 2.22. The van der Waals surface area contributed by atoms with E-state index in [4.69, 9.17) is 16.3 Å². The molecule has 25 heavy (non-hydrogen) atoms. The van der Waals surface area contributed by atoms with Crippen LogP contribution >= 0.6 is 11.6 Å². The summed E-state index contributed by atoms with van der Waals surface area (Å²) in [6.07, 6.45) is -0.671. The molecular formula is C20H22ClNO3. The lowest BCUT2D eigenvalue weighted by atomic mass is 9.95. The van der Waals surface area contributed by atoms with Crippen LogP contribution in [0.4, 0.5) is 5.69 Å². The molecule has 1 atom stereocenters. The summed E-state index contributed by atoms with van der Waals surface area (Å²) in [6, 6.07) is 13.8. The Morgan fingerprint density at radius 3 is 2.20 bits per heavy atom. The maximum absolute atomic E-state index is 12.5. The normalized spacial score (nSPS) is 12.4. The number of anilines is 1. The largest absolute Gasteiger partial charge is 0.481 e. The lowest BCUT2D eigenvalue weighted by Crippen LogP contribution is -2.27. The summed E-state index contributed by atoms with van der Waals surface area (Å²) in [5.41, 5.74) is 0.677. The van der Waals surface area contributed by atoms with Crippen LogP contribution in [0.5, 0.6) is 5.75 Å². The number of hydrogen-bond acceptors (Lipinski definition) is 3. The summed E-state index contributed by atoms with van der Waals surface area (Å²) in [6.45, 7) is 7.21. The van der Waals surface area contributed by atoms with E-state index in [1.807, 2.05) is 20.8 Å². The Bertz CT molecular complexity index is 763. The Balaban J connectivity index is 2.05. The van der Waals surface area contributed by atoms with Gasteiger partial charge in [-0.3, -0.25) is 9.59 Å². The van der Waals surface area contributed by atoms with Crippen molar-refractivity contribution in [1.29, 1.82) is 0 Å². The number of amides is 1. The molecule has 0 aliphatic rings. The number of benzene rings is 2. The standard InChI is InChI=1S/C20H22ClNO3/c1-13(25-17-8-6-5-7-16(17)21)18(23)14-9-11-15(12-10-14)22-19(24)20(2,3)4/h5-13H,1-4H3,(H,22,24)/t13-/m1/s1. The van der Waals surface area contributed by atoms with Gasteiger partial charge < -0.3 is 10.1 Å². The molecular weight excluding hydrogens is 338 g/mol. The number of para-hydroxylation sites is 1. The van der Waals surface area contributed by atoms with Crippen LogP contribution in [0.1, 0.15) is 38.1 Å². The van der Waals surface area contributed by atoms with Crippen LogP contribution in [0.15, 0.2) is 48.5 Å². The number of rotatable bonds is 5. The number of Topliss-reactive ketones (excluding diaryl/α,β-unsaturated/α-hetero) is 1. The summed E-state index contributed by atoms with van der Waals surface area (Å²) < 4.78 is 5.65. The molecule has 2 aromatic rings. The van der Waals surface area contributed by atoms with Gasteiger partial charge in [-0.2, -0.15) is 0 Å². The molecule has 0 saturated heterocycles. The van der Waals surface area contributed by atoms with Gasteiger partial charge in [-0.25, -0.2) is 0 Å². The number of ether oxygens (including phenoxy) is 1. The van der Waals surface area contributed by atoms with E-state index in [-0.39, 0.29) is 11.7 Å². The smallest absolute Gasteiger partial charge is 0.229 e. The van der Waals surface area contributed by atoms with Crippen molar-refractivity contribution in [2.75, 3.05) is 5.32 Å². The van der Waals surface area contributed by atoms with Gasteiger partial charge >= 0.3 is 0 Å². The van der Waals surface area contributed by atoms with Crippen LogP contribution in [-0.4, -0.2) is 17.8 Å². The number of nitrogens with one attached hydrogen (secondary N) is 1. The van der Waals surface area contributed by atoms with Gasteiger partial charge in [-0.05, 0) is 43.3 Å². The Hall–Kier alpha value is -2.33. The SMILES string of the molecule is C[C@@H](Oc1ccccc1Cl)C(=O)c1ccc(NC(=O)C(C)(C)C)cc1. The van der Waals surface area contributed by atoms with Gasteiger partial charge in [0.2, 0.25) is 11.7 Å². The first-order valence-electron chi connectivity index (χ1n) is 8.05. The zero-order valence-corrected chi connectivity index (χ0v) is 15.6. The molecule has 132 valence electrons. The average Bonchev–Trinajstić information content (AvgIpc) is 2.56. The van der Waals surface area contributed by atoms with Crippen LogP contribution in [0.2, 0.25) is 5.02 Å². The highest BCUT2D eigenvalue weighted by atomic mass is 35.5. The Morgan fingerprint density at radius 2 is 1.64 bits per heavy atom. The van der Waals surface area contributed by atoms with Crippen LogP contribution < -0.4 is 10.1 Å². The molecule has 1 N–H and O–H groups in total. The Morgan fingerprint density at radius 1 is 1.04 bits per heavy atom. The zero-order valence-electron chi connectivity index (χ0n) is 14.8. The second-order valence-corrected chi connectivity index (χ2v) is 7.24. The first-order chi connectivity index (χ1) is 11.7. The Labute approximate surface area is 153 Å². The highest BCUT2D eigenvalue weighted by molar-refractivity contribution is 6.32. The van der Waals surface area contributed by atoms with Crippen molar-refractivity contribution in [3.05, 3.63) is 59.1 Å². The van der Waals surface area contributed by atoms with Gasteiger partial charge in [0.1, 0.15) is 5.75 Å². The summed E-state index contributed by atoms with van der Waals surface area (Å²) in [7, 11) is 0. The molecule has 2 rings (SSSR count). The fourth-order valence-corrected chi connectivity index (χ4v) is 2.24. The third-order valence-corrected chi connectivity index (χ3v) is 3.93. The lowest BCUT2D eigenvalue weighted by molar-refractivity contribution is -0.123. The highest BCUT2D eigenvalue weighted by Crippen LogP contribution is 2.25. The van der Waals surface area contributed by atoms with Crippen molar-refractivity contribution in [2.45, 2.75) is 33.8 Å². The van der Waals surface area contributed by atoms with Crippen molar-refractivity contribution >= 4 is 29.0 Å². The van der Waals surface area contributed by atoms with Crippen molar-refractivity contribution in [3.63, 3.8) is 0 Å². The molecule has 0 bridgehead atoms. The van der Waals surface area contributed by atoms with E-state index in [1.165, 1.54) is 0 Å².